The Hall–Kier alpha value is -1.58. The van der Waals surface area contributed by atoms with Gasteiger partial charge in [-0.2, -0.15) is 0 Å². The molecule has 0 spiro atoms. The highest BCUT2D eigenvalue weighted by Gasteiger charge is 2.22. The zero-order valence-corrected chi connectivity index (χ0v) is 13.2. The molecule has 1 aromatic rings. The molecule has 116 valence electrons. The number of nitrogens with zero attached hydrogens (tertiary/aromatic N) is 1. The number of carbonyl (C=O) groups is 1. The first-order chi connectivity index (χ1) is 10.2. The highest BCUT2D eigenvalue weighted by atomic mass is 16.1. The van der Waals surface area contributed by atoms with E-state index in [0.29, 0.717) is 17.5 Å². The molecule has 1 aliphatic rings. The fourth-order valence-corrected chi connectivity index (χ4v) is 2.94. The summed E-state index contributed by atoms with van der Waals surface area (Å²) in [6, 6.07) is 3.73. The number of anilines is 1. The molecular weight excluding hydrogens is 262 g/mol. The second kappa shape index (κ2) is 8.01. The summed E-state index contributed by atoms with van der Waals surface area (Å²) >= 11 is 0. The molecule has 1 aliphatic carbocycles. The van der Waals surface area contributed by atoms with Crippen LogP contribution in [0.5, 0.6) is 0 Å². The quantitative estimate of drug-likeness (QED) is 0.843. The smallest absolute Gasteiger partial charge is 0.269 e. The molecule has 4 nitrogen and oxygen atoms in total. The van der Waals surface area contributed by atoms with Gasteiger partial charge in [0, 0.05) is 25.0 Å². The Balaban J connectivity index is 1.87. The number of nitrogens with one attached hydrogen (secondary N) is 2. The third-order valence-electron chi connectivity index (χ3n) is 4.39. The SMILES string of the molecule is CCCNc1ccnc(C(=O)NCC2CCCCC2C)c1. The lowest BCUT2D eigenvalue weighted by molar-refractivity contribution is 0.0931. The number of rotatable bonds is 6. The Kier molecular flexibility index (Phi) is 6.03. The molecule has 1 aromatic heterocycles. The summed E-state index contributed by atoms with van der Waals surface area (Å²) in [4.78, 5) is 16.4. The predicted octanol–water partition coefficient (Wildman–Crippen LogP) is 3.46. The Morgan fingerprint density at radius 1 is 1.38 bits per heavy atom. The third kappa shape index (κ3) is 4.73. The van der Waals surface area contributed by atoms with Gasteiger partial charge in [0.1, 0.15) is 5.69 Å². The average Bonchev–Trinajstić information content (AvgIpc) is 2.52. The normalized spacial score (nSPS) is 21.8. The van der Waals surface area contributed by atoms with Crippen molar-refractivity contribution in [3.8, 4) is 0 Å². The third-order valence-corrected chi connectivity index (χ3v) is 4.39. The molecule has 1 saturated carbocycles. The van der Waals surface area contributed by atoms with Gasteiger partial charge in [-0.3, -0.25) is 9.78 Å². The van der Waals surface area contributed by atoms with Gasteiger partial charge in [0.15, 0.2) is 0 Å². The summed E-state index contributed by atoms with van der Waals surface area (Å²) in [5.74, 6) is 1.27. The van der Waals surface area contributed by atoms with Crippen LogP contribution in [0.2, 0.25) is 0 Å². The van der Waals surface area contributed by atoms with Crippen molar-refractivity contribution in [2.75, 3.05) is 18.4 Å². The summed E-state index contributed by atoms with van der Waals surface area (Å²) in [5.41, 5.74) is 1.46. The van der Waals surface area contributed by atoms with E-state index < -0.39 is 0 Å². The molecule has 2 rings (SSSR count). The zero-order chi connectivity index (χ0) is 15.1. The number of hydrogen-bond donors (Lipinski definition) is 2. The standard InChI is InChI=1S/C17H27N3O/c1-3-9-18-15-8-10-19-16(11-15)17(21)20-12-14-7-5-4-6-13(14)2/h8,10-11,13-14H,3-7,9,12H2,1-2H3,(H,18,19)(H,20,21). The highest BCUT2D eigenvalue weighted by Crippen LogP contribution is 2.28. The van der Waals surface area contributed by atoms with Gasteiger partial charge in [-0.1, -0.05) is 33.1 Å². The molecule has 2 unspecified atom stereocenters. The molecule has 2 N–H and O–H groups in total. The van der Waals surface area contributed by atoms with Gasteiger partial charge in [-0.15, -0.1) is 0 Å². The molecule has 2 atom stereocenters. The summed E-state index contributed by atoms with van der Waals surface area (Å²) in [6.45, 7) is 6.09. The molecule has 0 saturated heterocycles. The molecule has 1 fully saturated rings. The second-order valence-corrected chi connectivity index (χ2v) is 6.09. The molecular formula is C17H27N3O. The van der Waals surface area contributed by atoms with E-state index in [4.69, 9.17) is 0 Å². The lowest BCUT2D eigenvalue weighted by Crippen LogP contribution is -2.33. The molecule has 0 radical (unpaired) electrons. The minimum Gasteiger partial charge on any atom is -0.385 e. The molecule has 0 aromatic carbocycles. The summed E-state index contributed by atoms with van der Waals surface area (Å²) in [7, 11) is 0. The van der Waals surface area contributed by atoms with Crippen LogP contribution >= 0.6 is 0 Å². The van der Waals surface area contributed by atoms with E-state index in [9.17, 15) is 4.79 Å². The van der Waals surface area contributed by atoms with E-state index in [1.54, 1.807) is 6.20 Å². The molecule has 21 heavy (non-hydrogen) atoms. The maximum Gasteiger partial charge on any atom is 0.269 e. The van der Waals surface area contributed by atoms with E-state index in [2.05, 4.69) is 29.5 Å². The predicted molar refractivity (Wildman–Crippen MR) is 86.5 cm³/mol. The Morgan fingerprint density at radius 2 is 2.19 bits per heavy atom. The Bertz CT molecular complexity index is 461. The largest absolute Gasteiger partial charge is 0.385 e. The monoisotopic (exact) mass is 289 g/mol. The van der Waals surface area contributed by atoms with Crippen molar-refractivity contribution < 1.29 is 4.79 Å². The number of carbonyl (C=O) groups excluding carboxylic acids is 1. The number of aromatic nitrogens is 1. The van der Waals surface area contributed by atoms with Crippen LogP contribution in [-0.4, -0.2) is 24.0 Å². The van der Waals surface area contributed by atoms with Crippen molar-refractivity contribution in [3.05, 3.63) is 24.0 Å². The lowest BCUT2D eigenvalue weighted by Gasteiger charge is -2.28. The van der Waals surface area contributed by atoms with E-state index in [-0.39, 0.29) is 5.91 Å². The van der Waals surface area contributed by atoms with E-state index in [1.165, 1.54) is 25.7 Å². The van der Waals surface area contributed by atoms with Crippen LogP contribution in [0.15, 0.2) is 18.3 Å². The minimum absolute atomic E-state index is 0.0621. The van der Waals surface area contributed by atoms with Crippen LogP contribution in [0.3, 0.4) is 0 Å². The molecule has 1 heterocycles. The van der Waals surface area contributed by atoms with Crippen molar-refractivity contribution in [3.63, 3.8) is 0 Å². The van der Waals surface area contributed by atoms with Gasteiger partial charge in [-0.05, 0) is 36.8 Å². The highest BCUT2D eigenvalue weighted by molar-refractivity contribution is 5.93. The van der Waals surface area contributed by atoms with E-state index in [0.717, 1.165) is 25.2 Å². The summed E-state index contributed by atoms with van der Waals surface area (Å²) < 4.78 is 0. The van der Waals surface area contributed by atoms with Gasteiger partial charge in [0.2, 0.25) is 0 Å². The minimum atomic E-state index is -0.0621. The van der Waals surface area contributed by atoms with Gasteiger partial charge in [-0.25, -0.2) is 0 Å². The van der Waals surface area contributed by atoms with Crippen LogP contribution in [0.4, 0.5) is 5.69 Å². The molecule has 0 bridgehead atoms. The van der Waals surface area contributed by atoms with Crippen molar-refractivity contribution >= 4 is 11.6 Å². The van der Waals surface area contributed by atoms with Crippen molar-refractivity contribution in [2.45, 2.75) is 46.0 Å². The Labute approximate surface area is 127 Å². The van der Waals surface area contributed by atoms with Crippen molar-refractivity contribution in [1.82, 2.24) is 10.3 Å². The lowest BCUT2D eigenvalue weighted by atomic mass is 9.80. The molecule has 4 heteroatoms. The Morgan fingerprint density at radius 3 is 2.95 bits per heavy atom. The van der Waals surface area contributed by atoms with Crippen molar-refractivity contribution in [1.29, 1.82) is 0 Å². The maximum atomic E-state index is 12.2. The van der Waals surface area contributed by atoms with Crippen LogP contribution in [0.1, 0.15) is 56.4 Å². The second-order valence-electron chi connectivity index (χ2n) is 6.09. The van der Waals surface area contributed by atoms with Gasteiger partial charge in [0.05, 0.1) is 0 Å². The fourth-order valence-electron chi connectivity index (χ4n) is 2.94. The summed E-state index contributed by atoms with van der Waals surface area (Å²) in [6.07, 6.45) is 7.89. The van der Waals surface area contributed by atoms with Crippen LogP contribution in [-0.2, 0) is 0 Å². The van der Waals surface area contributed by atoms with Crippen LogP contribution < -0.4 is 10.6 Å². The number of amides is 1. The first kappa shape index (κ1) is 15.8. The van der Waals surface area contributed by atoms with Crippen molar-refractivity contribution in [2.24, 2.45) is 11.8 Å². The number of pyridine rings is 1. The summed E-state index contributed by atoms with van der Waals surface area (Å²) in [5, 5.41) is 6.34. The maximum absolute atomic E-state index is 12.2. The van der Waals surface area contributed by atoms with Gasteiger partial charge >= 0.3 is 0 Å². The van der Waals surface area contributed by atoms with Gasteiger partial charge < -0.3 is 10.6 Å². The number of hydrogen-bond acceptors (Lipinski definition) is 3. The van der Waals surface area contributed by atoms with Gasteiger partial charge in [0.25, 0.3) is 5.91 Å². The first-order valence-corrected chi connectivity index (χ1v) is 8.18. The average molecular weight is 289 g/mol. The van der Waals surface area contributed by atoms with E-state index in [1.807, 2.05) is 12.1 Å². The van der Waals surface area contributed by atoms with Crippen LogP contribution in [0.25, 0.3) is 0 Å². The van der Waals surface area contributed by atoms with E-state index >= 15 is 0 Å². The fraction of sp³-hybridized carbons (Fsp3) is 0.647. The zero-order valence-electron chi connectivity index (χ0n) is 13.2. The molecule has 1 amide bonds. The first-order valence-electron chi connectivity index (χ1n) is 8.18. The molecule has 0 aliphatic heterocycles. The van der Waals surface area contributed by atoms with Crippen LogP contribution in [0, 0.1) is 11.8 Å². The topological polar surface area (TPSA) is 54.0 Å².